The molecule has 0 aromatic carbocycles. The van der Waals surface area contributed by atoms with Crippen molar-refractivity contribution < 1.29 is 290 Å². The molecule has 145 heavy (non-hydrogen) atoms. The monoisotopic (exact) mass is 2120 g/mol. The number of aliphatic hydroxyl groups is 29. The number of rotatable bonds is 39. The zero-order valence-corrected chi connectivity index (χ0v) is 79.1. The summed E-state index contributed by atoms with van der Waals surface area (Å²) in [6.45, 7) is -6.51. The van der Waals surface area contributed by atoms with E-state index in [9.17, 15) is 167 Å². The zero-order chi connectivity index (χ0) is 106. The summed E-state index contributed by atoms with van der Waals surface area (Å²) in [5.74, 6) is -3.98. The number of aliphatic hydroxyl groups excluding tert-OH is 29. The van der Waals surface area contributed by atoms with Crippen LogP contribution < -0.4 is 21.3 Å². The van der Waals surface area contributed by atoms with E-state index < -0.39 is 458 Å². The Balaban J connectivity index is 0.886. The normalized spacial score (nSPS) is 49.6. The van der Waals surface area contributed by atoms with Gasteiger partial charge in [0, 0.05) is 49.0 Å². The highest BCUT2D eigenvalue weighted by Crippen LogP contribution is 2.43. The highest BCUT2D eigenvalue weighted by molar-refractivity contribution is 5.74. The Kier molecular flexibility index (Phi) is 43.4. The molecule has 0 aromatic heterocycles. The lowest BCUT2D eigenvalue weighted by Crippen LogP contribution is -2.72. The molecule has 63 heteroatoms. The number of amides is 4. The topological polar surface area (TPSA) is 943 Å². The summed E-state index contributed by atoms with van der Waals surface area (Å²) < 4.78 is 156. The first-order valence-electron chi connectivity index (χ1n) is 46.6. The molecule has 0 spiro atoms. The minimum absolute atomic E-state index is 0.817. The summed E-state index contributed by atoms with van der Waals surface area (Å²) in [6, 6.07) is -8.12. The van der Waals surface area contributed by atoms with Crippen LogP contribution in [0.5, 0.6) is 0 Å². The Morgan fingerprint density at radius 1 is 0.234 bits per heavy atom. The third kappa shape index (κ3) is 26.7. The van der Waals surface area contributed by atoms with Crippen LogP contribution >= 0.6 is 0 Å². The number of methoxy groups -OCH3 is 3. The maximum Gasteiger partial charge on any atom is 0.217 e. The summed E-state index contributed by atoms with van der Waals surface area (Å²) in [4.78, 5) is 53.5. The van der Waals surface area contributed by atoms with Crippen LogP contribution in [0.25, 0.3) is 0 Å². The van der Waals surface area contributed by atoms with E-state index in [4.69, 9.17) is 123 Å². The van der Waals surface area contributed by atoms with Gasteiger partial charge in [-0.2, -0.15) is 0 Å². The lowest BCUT2D eigenvalue weighted by molar-refractivity contribution is -0.411. The molecule has 12 fully saturated rings. The molecule has 0 radical (unpaired) electrons. The van der Waals surface area contributed by atoms with Crippen molar-refractivity contribution >= 4 is 23.6 Å². The second kappa shape index (κ2) is 52.7. The Morgan fingerprint density at radius 3 is 0.979 bits per heavy atom. The minimum Gasteiger partial charge on any atom is -0.394 e. The van der Waals surface area contributed by atoms with Crippen LogP contribution in [0, 0.1) is 0 Å². The van der Waals surface area contributed by atoms with E-state index in [1.165, 1.54) is 6.92 Å². The quantitative estimate of drug-likeness (QED) is 0.0272. The SMILES string of the molecule is CO[C@@H]1[C@@H](O)[C@@H](CO)O[C@@H](OC[C@H]2O[C@@H](O[C@H]3[C@H](O)[C@@H](NC(C)=O)[C@H](O[C@@H]4[C@@H](O[C@H]5[C@H](O)[C@@H](CO[C@H]6O[C@H](CO)[C@@H](O)[C@H](O)[C@@H]6O)O[C@@H](O[C@H]6[C@H](O)[C@@H](NC(C)=O)[C@H](O[C@H]7[C@H](O)[C@@H](NC(C)=O)C(O)O[C@@H]7CO[C@@H]7O[C@@H](C)[C@@H](O)[C@@H](O)[C@@H]7O)O[C@@H]6CO)[C@H]5O[C@@H]5OC[C@@H](O)[C@H](O)[C@H]5O)O[C@H](CO)[C@@H](O)[C@@H]4O)O[C@@H]3CO)[C@H](NC(C)=O)[C@@H](O[C@@H]3O[C@H](CO[C@@H]4O[C@H](CO)[C@H](O)[C@H](OC)[C@H]4O)[C@H](O)[C@H](OC)[C@H]3O)[C@H]2O)[C@@H]1O. The summed E-state index contributed by atoms with van der Waals surface area (Å²) in [5.41, 5.74) is 0. The molecule has 12 aliphatic heterocycles. The average molecular weight is 2120 g/mol. The lowest BCUT2D eigenvalue weighted by Gasteiger charge is -2.52. The van der Waals surface area contributed by atoms with Crippen LogP contribution in [-0.2, 0) is 142 Å². The molecule has 0 aromatic rings. The summed E-state index contributed by atoms with van der Waals surface area (Å²) >= 11 is 0. The highest BCUT2D eigenvalue weighted by atomic mass is 16.8. The molecule has 12 saturated heterocycles. The molecule has 59 atom stereocenters. The maximum atomic E-state index is 13.7. The third-order valence-electron chi connectivity index (χ3n) is 26.9. The van der Waals surface area contributed by atoms with Crippen LogP contribution in [0.2, 0.25) is 0 Å². The van der Waals surface area contributed by atoms with E-state index in [0.717, 1.165) is 49.0 Å². The van der Waals surface area contributed by atoms with Gasteiger partial charge < -0.3 is 293 Å². The number of ether oxygens (including phenoxy) is 26. The van der Waals surface area contributed by atoms with Gasteiger partial charge in [0.05, 0.1) is 78.8 Å². The molecular formula is C82H138N4O59. The molecule has 4 amide bonds. The molecule has 12 rings (SSSR count). The van der Waals surface area contributed by atoms with Gasteiger partial charge in [0.25, 0.3) is 0 Å². The summed E-state index contributed by atoms with van der Waals surface area (Å²) in [7, 11) is 3.25. The van der Waals surface area contributed by atoms with E-state index in [0.29, 0.717) is 0 Å². The van der Waals surface area contributed by atoms with Crippen LogP contribution in [0.3, 0.4) is 0 Å². The molecule has 0 bridgehead atoms. The van der Waals surface area contributed by atoms with Crippen molar-refractivity contribution in [2.75, 3.05) is 94.0 Å². The van der Waals surface area contributed by atoms with Gasteiger partial charge in [-0.1, -0.05) is 0 Å². The average Bonchev–Trinajstić information content (AvgIpc) is 0.753. The predicted octanol–water partition coefficient (Wildman–Crippen LogP) is -23.0. The van der Waals surface area contributed by atoms with E-state index in [1.54, 1.807) is 0 Å². The van der Waals surface area contributed by atoms with E-state index in [2.05, 4.69) is 21.3 Å². The fourth-order valence-corrected chi connectivity index (χ4v) is 19.0. The lowest BCUT2D eigenvalue weighted by atomic mass is 9.93. The Bertz CT molecular complexity index is 3980. The van der Waals surface area contributed by atoms with Crippen molar-refractivity contribution in [2.45, 2.75) is 397 Å². The number of carbonyl (C=O) groups excluding carboxylic acids is 4. The number of hydrogen-bond acceptors (Lipinski definition) is 59. The Hall–Kier alpha value is -4.32. The number of carbonyl (C=O) groups is 4. The molecule has 840 valence electrons. The minimum atomic E-state index is -2.60. The number of hydrogen-bond donors (Lipinski definition) is 33. The fraction of sp³-hybridized carbons (Fsp3) is 0.951. The maximum absolute atomic E-state index is 13.7. The second-order valence-corrected chi connectivity index (χ2v) is 36.9. The first kappa shape index (κ1) is 119. The molecular weight excluding hydrogens is 1980 g/mol. The van der Waals surface area contributed by atoms with Crippen LogP contribution in [0.15, 0.2) is 0 Å². The Morgan fingerprint density at radius 2 is 0.524 bits per heavy atom. The molecule has 12 heterocycles. The largest absolute Gasteiger partial charge is 0.394 e. The van der Waals surface area contributed by atoms with Crippen molar-refractivity contribution in [3.05, 3.63) is 0 Å². The second-order valence-electron chi connectivity index (χ2n) is 36.9. The van der Waals surface area contributed by atoms with Crippen LogP contribution in [-0.4, -0.2) is 628 Å². The van der Waals surface area contributed by atoms with Crippen molar-refractivity contribution in [3.8, 4) is 0 Å². The molecule has 1 unspecified atom stereocenters. The van der Waals surface area contributed by atoms with E-state index in [1.807, 2.05) is 0 Å². The fourth-order valence-electron chi connectivity index (χ4n) is 19.0. The molecule has 63 nitrogen and oxygen atoms in total. The smallest absolute Gasteiger partial charge is 0.217 e. The molecule has 0 aliphatic carbocycles. The van der Waals surface area contributed by atoms with Gasteiger partial charge in [-0.05, 0) is 6.92 Å². The van der Waals surface area contributed by atoms with Gasteiger partial charge in [0.2, 0.25) is 23.6 Å². The van der Waals surface area contributed by atoms with Gasteiger partial charge in [-0.25, -0.2) is 0 Å². The Labute approximate surface area is 823 Å². The van der Waals surface area contributed by atoms with Gasteiger partial charge >= 0.3 is 0 Å². The molecule has 12 aliphatic rings. The summed E-state index contributed by atoms with van der Waals surface area (Å²) in [6.07, 6.45) is -113. The third-order valence-corrected chi connectivity index (χ3v) is 26.9. The van der Waals surface area contributed by atoms with Crippen molar-refractivity contribution in [1.29, 1.82) is 0 Å². The van der Waals surface area contributed by atoms with Crippen molar-refractivity contribution in [1.82, 2.24) is 21.3 Å². The summed E-state index contributed by atoms with van der Waals surface area (Å²) in [5, 5.41) is 340. The number of nitrogens with one attached hydrogen (secondary N) is 4. The molecule has 0 saturated carbocycles. The van der Waals surface area contributed by atoms with E-state index >= 15 is 0 Å². The van der Waals surface area contributed by atoms with Gasteiger partial charge in [-0.3, -0.25) is 19.2 Å². The predicted molar refractivity (Wildman–Crippen MR) is 448 cm³/mol. The highest BCUT2D eigenvalue weighted by Gasteiger charge is 2.64. The van der Waals surface area contributed by atoms with Crippen LogP contribution in [0.4, 0.5) is 0 Å². The van der Waals surface area contributed by atoms with Crippen molar-refractivity contribution in [3.63, 3.8) is 0 Å². The van der Waals surface area contributed by atoms with Gasteiger partial charge in [0.15, 0.2) is 75.5 Å². The van der Waals surface area contributed by atoms with Gasteiger partial charge in [0.1, 0.15) is 281 Å². The van der Waals surface area contributed by atoms with Gasteiger partial charge in [-0.15, -0.1) is 0 Å². The van der Waals surface area contributed by atoms with Crippen LogP contribution in [0.1, 0.15) is 34.6 Å². The first-order valence-corrected chi connectivity index (χ1v) is 46.6. The first-order chi connectivity index (χ1) is 68.7. The van der Waals surface area contributed by atoms with Crippen molar-refractivity contribution in [2.24, 2.45) is 0 Å². The zero-order valence-electron chi connectivity index (χ0n) is 79.1. The van der Waals surface area contributed by atoms with E-state index in [-0.39, 0.29) is 0 Å². The standard InChI is InChI=1S/C82H138N4O59/c1-20-40(98)52(110)56(114)75(128-20)127-19-35-63(49(107)36(71(119)129-35)83-21(2)93)140-72-37(84-22(3)94)51(109)62(31(14-92)134-72)141-82-70(145-77-55(113)41(99)25(97)15-123-77)68(48(106)34(138-82)18-124-76-57(115)53(111)42(100)26(9-87)130-76)143-81-69(54(112)43(101)27(10-88)133-81)144-73-38(85-23(4)95)50(108)61(30(13-91)135-73)139-74-39(86-24(5)96)64(46(104)32(136-74)16-125-78-58(116)65(120-6)44(102)28(11-89)131-78)142-80-60(118)67(122-8)47(105)33(137-80)17-126-79-59(117)66(121-7)45(103)29(12-90)132-79/h20,25-82,87-92,97-119H,9-19H2,1-8H3,(H,83,93)(H,84,94)(H,85,95)(H,86,96)/t20-,25+,26+,27+,28+,29+,30+,31+,32+,33+,34+,35+,36+,37+,38+,39+,40+,41-,42+,43+,44-,45-,46-,47-,48+,49+,50+,51+,52+,53-,54-,55+,56-,57-,58+,59+,60+,61+,62+,63+,64+,65+,66-,67-,68-,69-,70-,71?,72-,73-,74-,75+,76-,77-,78+,79+,80-,81+,82-/m0/s1. The molecule has 33 N–H and O–H groups in total.